The van der Waals surface area contributed by atoms with Crippen molar-refractivity contribution in [2.75, 3.05) is 6.54 Å². The summed E-state index contributed by atoms with van der Waals surface area (Å²) in [6.07, 6.45) is 5.39. The van der Waals surface area contributed by atoms with Gasteiger partial charge in [-0.05, 0) is 35.7 Å². The number of pyridine rings is 1. The van der Waals surface area contributed by atoms with Crippen molar-refractivity contribution in [2.24, 2.45) is 13.0 Å². The minimum absolute atomic E-state index is 0.00190. The number of nitrogens with zero attached hydrogens (tertiary/aromatic N) is 5. The van der Waals surface area contributed by atoms with Crippen LogP contribution >= 0.6 is 0 Å². The first-order chi connectivity index (χ1) is 13.5. The molecule has 2 heterocycles. The van der Waals surface area contributed by atoms with Crippen molar-refractivity contribution in [2.45, 2.75) is 20.4 Å². The summed E-state index contributed by atoms with van der Waals surface area (Å²) in [5.41, 5.74) is 3.91. The van der Waals surface area contributed by atoms with Crippen LogP contribution in [0.5, 0.6) is 0 Å². The number of aromatic nitrogens is 3. The van der Waals surface area contributed by atoms with Crippen LogP contribution in [0.3, 0.4) is 0 Å². The van der Waals surface area contributed by atoms with Crippen molar-refractivity contribution >= 4 is 5.91 Å². The molecule has 0 atom stereocenters. The SMILES string of the molecule is CC(C)CN(Cc1cnn(C)c1)C(=O)c1ccc(-c2ccc(C#N)nc2)cc1. The van der Waals surface area contributed by atoms with Crippen LogP contribution in [0.1, 0.15) is 35.5 Å². The van der Waals surface area contributed by atoms with Crippen LogP contribution in [-0.2, 0) is 13.6 Å². The van der Waals surface area contributed by atoms with E-state index < -0.39 is 0 Å². The fourth-order valence-corrected chi connectivity index (χ4v) is 3.05. The minimum Gasteiger partial charge on any atom is -0.334 e. The number of amides is 1. The van der Waals surface area contributed by atoms with Crippen LogP contribution in [0.15, 0.2) is 55.0 Å². The molecule has 0 spiro atoms. The predicted molar refractivity (Wildman–Crippen MR) is 107 cm³/mol. The van der Waals surface area contributed by atoms with E-state index in [1.807, 2.05) is 54.5 Å². The smallest absolute Gasteiger partial charge is 0.254 e. The lowest BCUT2D eigenvalue weighted by Crippen LogP contribution is -2.33. The second kappa shape index (κ2) is 8.49. The van der Waals surface area contributed by atoms with E-state index in [0.29, 0.717) is 30.3 Å². The molecule has 3 aromatic rings. The summed E-state index contributed by atoms with van der Waals surface area (Å²) in [7, 11) is 1.87. The van der Waals surface area contributed by atoms with Crippen molar-refractivity contribution in [3.05, 3.63) is 71.8 Å². The molecule has 0 fully saturated rings. The van der Waals surface area contributed by atoms with E-state index in [1.165, 1.54) is 0 Å². The molecule has 0 unspecified atom stereocenters. The van der Waals surface area contributed by atoms with Crippen molar-refractivity contribution in [3.63, 3.8) is 0 Å². The summed E-state index contributed by atoms with van der Waals surface area (Å²) >= 11 is 0. The number of carbonyl (C=O) groups is 1. The summed E-state index contributed by atoms with van der Waals surface area (Å²) < 4.78 is 1.74. The Morgan fingerprint density at radius 2 is 1.86 bits per heavy atom. The highest BCUT2D eigenvalue weighted by Gasteiger charge is 2.18. The van der Waals surface area contributed by atoms with Crippen LogP contribution in [-0.4, -0.2) is 32.1 Å². The maximum Gasteiger partial charge on any atom is 0.254 e. The number of hydrogen-bond donors (Lipinski definition) is 0. The quantitative estimate of drug-likeness (QED) is 0.661. The predicted octanol–water partition coefficient (Wildman–Crippen LogP) is 3.65. The molecule has 0 bridgehead atoms. The van der Waals surface area contributed by atoms with Gasteiger partial charge in [-0.2, -0.15) is 10.4 Å². The fourth-order valence-electron chi connectivity index (χ4n) is 3.05. The van der Waals surface area contributed by atoms with Crippen LogP contribution in [0.4, 0.5) is 0 Å². The molecule has 6 nitrogen and oxygen atoms in total. The maximum absolute atomic E-state index is 13.1. The molecule has 3 rings (SSSR count). The lowest BCUT2D eigenvalue weighted by Gasteiger charge is -2.24. The molecule has 0 aliphatic carbocycles. The molecule has 2 aromatic heterocycles. The molecule has 0 saturated heterocycles. The number of hydrogen-bond acceptors (Lipinski definition) is 4. The zero-order valence-electron chi connectivity index (χ0n) is 16.3. The Kier molecular flexibility index (Phi) is 5.85. The number of aryl methyl sites for hydroxylation is 1. The average molecular weight is 373 g/mol. The van der Waals surface area contributed by atoms with Crippen molar-refractivity contribution in [3.8, 4) is 17.2 Å². The minimum atomic E-state index is 0.00190. The van der Waals surface area contributed by atoms with Crippen LogP contribution in [0.2, 0.25) is 0 Å². The highest BCUT2D eigenvalue weighted by atomic mass is 16.2. The standard InChI is InChI=1S/C22H23N5O/c1-16(2)13-27(15-17-11-25-26(3)14-17)22(28)19-6-4-18(5-7-19)20-8-9-21(10-23)24-12-20/h4-9,11-12,14,16H,13,15H2,1-3H3. The van der Waals surface area contributed by atoms with Crippen LogP contribution < -0.4 is 0 Å². The van der Waals surface area contributed by atoms with Crippen molar-refractivity contribution < 1.29 is 4.79 Å². The second-order valence-corrected chi connectivity index (χ2v) is 7.22. The molecule has 1 amide bonds. The van der Waals surface area contributed by atoms with Gasteiger partial charge < -0.3 is 4.90 Å². The Labute approximate surface area is 165 Å². The van der Waals surface area contributed by atoms with Gasteiger partial charge in [0.15, 0.2) is 0 Å². The van der Waals surface area contributed by atoms with Gasteiger partial charge >= 0.3 is 0 Å². The molecule has 142 valence electrons. The van der Waals surface area contributed by atoms with Gasteiger partial charge in [-0.15, -0.1) is 0 Å². The number of carbonyl (C=O) groups excluding carboxylic acids is 1. The van der Waals surface area contributed by atoms with Gasteiger partial charge in [0.2, 0.25) is 0 Å². The molecular weight excluding hydrogens is 350 g/mol. The van der Waals surface area contributed by atoms with Gasteiger partial charge in [0.05, 0.1) is 6.20 Å². The zero-order chi connectivity index (χ0) is 20.1. The van der Waals surface area contributed by atoms with E-state index in [2.05, 4.69) is 23.9 Å². The van der Waals surface area contributed by atoms with Crippen molar-refractivity contribution in [1.82, 2.24) is 19.7 Å². The van der Waals surface area contributed by atoms with E-state index in [9.17, 15) is 4.79 Å². The zero-order valence-corrected chi connectivity index (χ0v) is 16.3. The molecular formula is C22H23N5O. The summed E-state index contributed by atoms with van der Waals surface area (Å²) in [6.45, 7) is 5.41. The topological polar surface area (TPSA) is 74.8 Å². The highest BCUT2D eigenvalue weighted by molar-refractivity contribution is 5.94. The molecule has 0 saturated carbocycles. The summed E-state index contributed by atoms with van der Waals surface area (Å²) in [4.78, 5) is 19.0. The van der Waals surface area contributed by atoms with E-state index >= 15 is 0 Å². The Balaban J connectivity index is 1.79. The third-order valence-electron chi connectivity index (χ3n) is 4.35. The first-order valence-electron chi connectivity index (χ1n) is 9.19. The first-order valence-corrected chi connectivity index (χ1v) is 9.19. The number of rotatable bonds is 6. The summed E-state index contributed by atoms with van der Waals surface area (Å²) in [5.74, 6) is 0.367. The molecule has 0 aliphatic heterocycles. The van der Waals surface area contributed by atoms with E-state index in [-0.39, 0.29) is 5.91 Å². The summed E-state index contributed by atoms with van der Waals surface area (Å²) in [5, 5.41) is 13.0. The fraction of sp³-hybridized carbons (Fsp3) is 0.273. The van der Waals surface area contributed by atoms with Crippen LogP contribution in [0.25, 0.3) is 11.1 Å². The lowest BCUT2D eigenvalue weighted by atomic mass is 10.0. The Bertz CT molecular complexity index is 981. The van der Waals surface area contributed by atoms with E-state index in [4.69, 9.17) is 5.26 Å². The normalized spacial score (nSPS) is 10.7. The van der Waals surface area contributed by atoms with Gasteiger partial charge in [-0.1, -0.05) is 26.0 Å². The van der Waals surface area contributed by atoms with E-state index in [1.54, 1.807) is 23.1 Å². The molecule has 6 heteroatoms. The molecule has 0 N–H and O–H groups in total. The Morgan fingerprint density at radius 3 is 2.39 bits per heavy atom. The van der Waals surface area contributed by atoms with Gasteiger partial charge in [0.1, 0.15) is 11.8 Å². The average Bonchev–Trinajstić information content (AvgIpc) is 3.11. The largest absolute Gasteiger partial charge is 0.334 e. The van der Waals surface area contributed by atoms with Crippen LogP contribution in [0, 0.1) is 17.2 Å². The van der Waals surface area contributed by atoms with Gasteiger partial charge in [-0.3, -0.25) is 9.48 Å². The van der Waals surface area contributed by atoms with E-state index in [0.717, 1.165) is 16.7 Å². The lowest BCUT2D eigenvalue weighted by molar-refractivity contribution is 0.0722. The third kappa shape index (κ3) is 4.63. The Morgan fingerprint density at radius 1 is 1.14 bits per heavy atom. The molecule has 0 radical (unpaired) electrons. The van der Waals surface area contributed by atoms with Gasteiger partial charge in [0, 0.05) is 49.2 Å². The maximum atomic E-state index is 13.1. The second-order valence-electron chi connectivity index (χ2n) is 7.22. The first kappa shape index (κ1) is 19.3. The number of nitriles is 1. The van der Waals surface area contributed by atoms with Gasteiger partial charge in [-0.25, -0.2) is 4.98 Å². The molecule has 28 heavy (non-hydrogen) atoms. The summed E-state index contributed by atoms with van der Waals surface area (Å²) in [6, 6.07) is 13.1. The van der Waals surface area contributed by atoms with Crippen molar-refractivity contribution in [1.29, 1.82) is 5.26 Å². The highest BCUT2D eigenvalue weighted by Crippen LogP contribution is 2.20. The monoisotopic (exact) mass is 373 g/mol. The van der Waals surface area contributed by atoms with Gasteiger partial charge in [0.25, 0.3) is 5.91 Å². The third-order valence-corrected chi connectivity index (χ3v) is 4.35. The Hall–Kier alpha value is -3.46. The molecule has 1 aromatic carbocycles. The molecule has 0 aliphatic rings. The number of benzene rings is 1.